The van der Waals surface area contributed by atoms with E-state index in [4.69, 9.17) is 21.1 Å². The lowest BCUT2D eigenvalue weighted by Gasteiger charge is -2.35. The van der Waals surface area contributed by atoms with Gasteiger partial charge in [-0.2, -0.15) is 0 Å². The highest BCUT2D eigenvalue weighted by Gasteiger charge is 2.27. The second-order valence-corrected chi connectivity index (χ2v) is 8.15. The molecule has 3 aromatic rings. The molecule has 1 fully saturated rings. The fourth-order valence-electron chi connectivity index (χ4n) is 3.69. The largest absolute Gasteiger partial charge is 0.487 e. The summed E-state index contributed by atoms with van der Waals surface area (Å²) >= 11 is 6.34. The topological polar surface area (TPSA) is 97.4 Å². The van der Waals surface area contributed by atoms with Crippen LogP contribution in [0.25, 0.3) is 10.9 Å². The van der Waals surface area contributed by atoms with Crippen molar-refractivity contribution in [3.63, 3.8) is 0 Å². The predicted octanol–water partition coefficient (Wildman–Crippen LogP) is 3.11. The molecule has 1 N–H and O–H groups in total. The van der Waals surface area contributed by atoms with Crippen LogP contribution in [0.1, 0.15) is 35.7 Å². The zero-order valence-electron chi connectivity index (χ0n) is 17.5. The van der Waals surface area contributed by atoms with E-state index in [9.17, 15) is 9.59 Å². The molecular weight excluding hydrogens is 420 g/mol. The first-order valence-corrected chi connectivity index (χ1v) is 10.4. The molecule has 0 aliphatic carbocycles. The Kier molecular flexibility index (Phi) is 5.93. The van der Waals surface area contributed by atoms with Gasteiger partial charge in [-0.15, -0.1) is 0 Å². The Morgan fingerprint density at radius 1 is 1.29 bits per heavy atom. The smallest absolute Gasteiger partial charge is 0.272 e. The normalized spacial score (nSPS) is 18.9. The molecule has 1 aliphatic heterocycles. The summed E-state index contributed by atoms with van der Waals surface area (Å²) < 4.78 is 11.4. The van der Waals surface area contributed by atoms with Gasteiger partial charge in [-0.1, -0.05) is 11.6 Å². The summed E-state index contributed by atoms with van der Waals surface area (Å²) in [5.74, 6) is 0.889. The Labute approximate surface area is 184 Å². The van der Waals surface area contributed by atoms with Gasteiger partial charge in [-0.25, -0.2) is 9.97 Å². The lowest BCUT2D eigenvalue weighted by molar-refractivity contribution is -0.0587. The fourth-order valence-corrected chi connectivity index (χ4v) is 3.90. The van der Waals surface area contributed by atoms with Gasteiger partial charge < -0.3 is 19.4 Å². The van der Waals surface area contributed by atoms with Gasteiger partial charge in [0.05, 0.1) is 29.3 Å². The second-order valence-electron chi connectivity index (χ2n) is 7.75. The van der Waals surface area contributed by atoms with Gasteiger partial charge >= 0.3 is 0 Å². The highest BCUT2D eigenvalue weighted by molar-refractivity contribution is 6.32. The van der Waals surface area contributed by atoms with Crippen LogP contribution in [0, 0.1) is 6.92 Å². The average Bonchev–Trinajstić information content (AvgIpc) is 2.71. The van der Waals surface area contributed by atoms with E-state index in [1.807, 2.05) is 13.8 Å². The first-order chi connectivity index (χ1) is 14.8. The summed E-state index contributed by atoms with van der Waals surface area (Å²) in [4.78, 5) is 37.9. The number of nitrogens with zero attached hydrogens (tertiary/aromatic N) is 3. The minimum atomic E-state index is -0.225. The molecule has 0 saturated carbocycles. The van der Waals surface area contributed by atoms with E-state index in [1.165, 1.54) is 6.20 Å². The summed E-state index contributed by atoms with van der Waals surface area (Å²) in [7, 11) is 0. The summed E-state index contributed by atoms with van der Waals surface area (Å²) in [5.41, 5.74) is 1.31. The Balaban J connectivity index is 1.46. The number of aromatic amines is 1. The molecule has 1 amide bonds. The molecule has 1 aliphatic rings. The van der Waals surface area contributed by atoms with Gasteiger partial charge in [0.15, 0.2) is 0 Å². The number of benzene rings is 1. The lowest BCUT2D eigenvalue weighted by atomic mass is 10.1. The van der Waals surface area contributed by atoms with E-state index < -0.39 is 0 Å². The SMILES string of the molecule is Cc1nc2cc(Cl)c(COc3ccc(C(=O)N4CC(C)OC(C)C4)nc3)cc2c(=O)[nH]1. The number of fused-ring (bicyclic) bond motifs is 1. The number of hydrogen-bond acceptors (Lipinski definition) is 6. The maximum atomic E-state index is 12.7. The number of aromatic nitrogens is 3. The molecule has 9 heteroatoms. The molecule has 4 rings (SSSR count). The molecule has 3 heterocycles. The van der Waals surface area contributed by atoms with Gasteiger partial charge in [-0.05, 0) is 45.0 Å². The van der Waals surface area contributed by atoms with Crippen LogP contribution in [0.5, 0.6) is 5.75 Å². The molecule has 0 spiro atoms. The number of carbonyl (C=O) groups excluding carboxylic acids is 1. The Hall–Kier alpha value is -2.97. The number of hydrogen-bond donors (Lipinski definition) is 1. The monoisotopic (exact) mass is 442 g/mol. The third-order valence-corrected chi connectivity index (χ3v) is 5.40. The van der Waals surface area contributed by atoms with Crippen molar-refractivity contribution < 1.29 is 14.3 Å². The molecule has 31 heavy (non-hydrogen) atoms. The number of pyridine rings is 1. The van der Waals surface area contributed by atoms with Crippen molar-refractivity contribution in [3.05, 3.63) is 62.9 Å². The summed E-state index contributed by atoms with van der Waals surface area (Å²) in [5, 5.41) is 0.905. The number of amides is 1. The average molecular weight is 443 g/mol. The third kappa shape index (κ3) is 4.70. The van der Waals surface area contributed by atoms with Crippen LogP contribution in [0.4, 0.5) is 0 Å². The first-order valence-electron chi connectivity index (χ1n) is 10.0. The quantitative estimate of drug-likeness (QED) is 0.666. The van der Waals surface area contributed by atoms with Gasteiger partial charge in [0.25, 0.3) is 11.5 Å². The van der Waals surface area contributed by atoms with Crippen molar-refractivity contribution in [2.45, 2.75) is 39.6 Å². The number of halogens is 1. The van der Waals surface area contributed by atoms with E-state index in [0.717, 1.165) is 0 Å². The van der Waals surface area contributed by atoms with Gasteiger partial charge in [-0.3, -0.25) is 9.59 Å². The fraction of sp³-hybridized carbons (Fsp3) is 0.364. The Morgan fingerprint density at radius 2 is 2.03 bits per heavy atom. The van der Waals surface area contributed by atoms with Crippen molar-refractivity contribution in [1.29, 1.82) is 0 Å². The predicted molar refractivity (Wildman–Crippen MR) is 117 cm³/mol. The second kappa shape index (κ2) is 8.64. The van der Waals surface area contributed by atoms with E-state index in [0.29, 0.717) is 51.8 Å². The summed E-state index contributed by atoms with van der Waals surface area (Å²) in [6.45, 7) is 6.84. The minimum absolute atomic E-state index is 0.00615. The van der Waals surface area contributed by atoms with Crippen LogP contribution in [0.2, 0.25) is 5.02 Å². The molecule has 162 valence electrons. The van der Waals surface area contributed by atoms with Crippen molar-refractivity contribution in [1.82, 2.24) is 19.9 Å². The summed E-state index contributed by atoms with van der Waals surface area (Å²) in [6, 6.07) is 6.67. The van der Waals surface area contributed by atoms with Gasteiger partial charge in [0.2, 0.25) is 0 Å². The highest BCUT2D eigenvalue weighted by Crippen LogP contribution is 2.23. The molecular formula is C22H23ClN4O4. The van der Waals surface area contributed by atoms with Crippen LogP contribution in [-0.2, 0) is 11.3 Å². The number of morpholine rings is 1. The van der Waals surface area contributed by atoms with Crippen LogP contribution in [0.3, 0.4) is 0 Å². The van der Waals surface area contributed by atoms with Crippen LogP contribution in [0.15, 0.2) is 35.3 Å². The molecule has 2 aromatic heterocycles. The molecule has 0 bridgehead atoms. The van der Waals surface area contributed by atoms with Crippen molar-refractivity contribution in [3.8, 4) is 5.75 Å². The summed E-state index contributed by atoms with van der Waals surface area (Å²) in [6.07, 6.45) is 1.49. The molecule has 8 nitrogen and oxygen atoms in total. The number of H-pyrrole nitrogens is 1. The van der Waals surface area contributed by atoms with Crippen LogP contribution in [-0.4, -0.2) is 51.1 Å². The van der Waals surface area contributed by atoms with E-state index in [1.54, 1.807) is 36.1 Å². The number of ether oxygens (including phenoxy) is 2. The maximum Gasteiger partial charge on any atom is 0.272 e. The van der Waals surface area contributed by atoms with Crippen molar-refractivity contribution >= 4 is 28.4 Å². The standard InChI is InChI=1S/C22H23ClN4O4/c1-12-9-27(10-13(2)31-12)22(29)19-5-4-16(8-24-19)30-11-15-6-17-20(7-18(15)23)25-14(3)26-21(17)28/h4-8,12-13H,9-11H2,1-3H3,(H,25,26,28). The third-order valence-electron chi connectivity index (χ3n) is 5.05. The lowest BCUT2D eigenvalue weighted by Crippen LogP contribution is -2.48. The number of aryl methyl sites for hydroxylation is 1. The van der Waals surface area contributed by atoms with Crippen LogP contribution >= 0.6 is 11.6 Å². The Bertz CT molecular complexity index is 1170. The molecule has 2 atom stereocenters. The molecule has 2 unspecified atom stereocenters. The van der Waals surface area contributed by atoms with E-state index >= 15 is 0 Å². The van der Waals surface area contributed by atoms with Crippen molar-refractivity contribution in [2.24, 2.45) is 0 Å². The zero-order chi connectivity index (χ0) is 22.1. The maximum absolute atomic E-state index is 12.7. The van der Waals surface area contributed by atoms with Gasteiger partial charge in [0, 0.05) is 23.7 Å². The minimum Gasteiger partial charge on any atom is -0.487 e. The molecule has 1 aromatic carbocycles. The molecule has 1 saturated heterocycles. The van der Waals surface area contributed by atoms with Crippen molar-refractivity contribution in [2.75, 3.05) is 13.1 Å². The number of nitrogens with one attached hydrogen (secondary N) is 1. The van der Waals surface area contributed by atoms with E-state index in [-0.39, 0.29) is 30.3 Å². The Morgan fingerprint density at radius 3 is 2.71 bits per heavy atom. The van der Waals surface area contributed by atoms with E-state index in [2.05, 4.69) is 15.0 Å². The zero-order valence-corrected chi connectivity index (χ0v) is 18.3. The molecule has 0 radical (unpaired) electrons. The highest BCUT2D eigenvalue weighted by atomic mass is 35.5. The number of carbonyl (C=O) groups is 1. The van der Waals surface area contributed by atoms with Gasteiger partial charge in [0.1, 0.15) is 23.9 Å². The van der Waals surface area contributed by atoms with Crippen LogP contribution < -0.4 is 10.3 Å². The number of rotatable bonds is 4. The first kappa shape index (κ1) is 21.3.